The van der Waals surface area contributed by atoms with Crippen molar-refractivity contribution in [1.82, 2.24) is 4.90 Å². The minimum atomic E-state index is -0.856. The number of benzene rings is 1. The van der Waals surface area contributed by atoms with E-state index in [-0.39, 0.29) is 0 Å². The number of piperidine rings is 1. The first-order chi connectivity index (χ1) is 11.8. The Hall–Kier alpha value is -1.65. The van der Waals surface area contributed by atoms with Gasteiger partial charge in [0.25, 0.3) is 0 Å². The predicted molar refractivity (Wildman–Crippen MR) is 101 cm³/mol. The van der Waals surface area contributed by atoms with Crippen molar-refractivity contribution in [3.05, 3.63) is 41.0 Å². The lowest BCUT2D eigenvalue weighted by molar-refractivity contribution is -0.0629. The molecule has 0 bridgehead atoms. The lowest BCUT2D eigenvalue weighted by atomic mass is 9.77. The molecule has 3 rings (SSSR count). The molecular formula is C21H30N2O2. The molecule has 1 saturated heterocycles. The van der Waals surface area contributed by atoms with E-state index in [0.29, 0.717) is 30.5 Å². The molecule has 1 heterocycles. The third kappa shape index (κ3) is 3.51. The van der Waals surface area contributed by atoms with Crippen LogP contribution in [0.1, 0.15) is 73.9 Å². The van der Waals surface area contributed by atoms with Crippen LogP contribution in [-0.4, -0.2) is 35.0 Å². The number of nitrogens with two attached hydrogens (primary N) is 1. The van der Waals surface area contributed by atoms with Crippen LogP contribution in [0.5, 0.6) is 0 Å². The number of rotatable bonds is 3. The summed E-state index contributed by atoms with van der Waals surface area (Å²) in [5.74, 6) is -0.398. The van der Waals surface area contributed by atoms with Crippen LogP contribution in [0, 0.1) is 0 Å². The van der Waals surface area contributed by atoms with Crippen LogP contribution in [0.15, 0.2) is 24.3 Å². The average molecular weight is 342 g/mol. The number of amides is 1. The number of carbonyl (C=O) groups excluding carboxylic acids is 1. The van der Waals surface area contributed by atoms with Crippen molar-refractivity contribution in [2.45, 2.75) is 70.1 Å². The van der Waals surface area contributed by atoms with Crippen molar-refractivity contribution in [3.8, 4) is 0 Å². The normalized spacial score (nSPS) is 30.8. The minimum absolute atomic E-state index is 0.307. The summed E-state index contributed by atoms with van der Waals surface area (Å²) in [7, 11) is 2.11. The molecule has 25 heavy (non-hydrogen) atoms. The van der Waals surface area contributed by atoms with Crippen LogP contribution in [-0.2, 0) is 5.60 Å². The molecular weight excluding hydrogens is 312 g/mol. The topological polar surface area (TPSA) is 66.6 Å². The zero-order valence-corrected chi connectivity index (χ0v) is 15.6. The molecule has 0 spiro atoms. The highest BCUT2D eigenvalue weighted by Gasteiger charge is 2.40. The van der Waals surface area contributed by atoms with Crippen molar-refractivity contribution in [3.63, 3.8) is 0 Å². The zero-order valence-electron chi connectivity index (χ0n) is 15.6. The summed E-state index contributed by atoms with van der Waals surface area (Å²) in [5, 5.41) is 11.4. The van der Waals surface area contributed by atoms with Gasteiger partial charge in [0.1, 0.15) is 0 Å². The van der Waals surface area contributed by atoms with Crippen molar-refractivity contribution >= 4 is 11.5 Å². The lowest BCUT2D eigenvalue weighted by Crippen LogP contribution is -2.50. The molecule has 4 nitrogen and oxygen atoms in total. The molecule has 2 aliphatic rings. The first kappa shape index (κ1) is 18.2. The maximum Gasteiger partial charge on any atom is 0.249 e. The Morgan fingerprint density at radius 2 is 1.92 bits per heavy atom. The molecule has 2 unspecified atom stereocenters. The monoisotopic (exact) mass is 342 g/mol. The number of carbonyl (C=O) groups is 1. The quantitative estimate of drug-likeness (QED) is 0.884. The highest BCUT2D eigenvalue weighted by molar-refractivity contribution is 5.98. The molecule has 0 saturated carbocycles. The number of aliphatic hydroxyl groups is 1. The van der Waals surface area contributed by atoms with Gasteiger partial charge < -0.3 is 15.7 Å². The molecule has 1 aliphatic carbocycles. The Bertz CT molecular complexity index is 683. The van der Waals surface area contributed by atoms with E-state index in [2.05, 4.69) is 31.9 Å². The molecule has 2 atom stereocenters. The third-order valence-electron chi connectivity index (χ3n) is 6.12. The average Bonchev–Trinajstić information content (AvgIpc) is 2.60. The summed E-state index contributed by atoms with van der Waals surface area (Å²) in [4.78, 5) is 14.2. The van der Waals surface area contributed by atoms with Gasteiger partial charge in [0.05, 0.1) is 5.60 Å². The Balaban J connectivity index is 2.03. The van der Waals surface area contributed by atoms with Gasteiger partial charge in [0, 0.05) is 17.6 Å². The van der Waals surface area contributed by atoms with Gasteiger partial charge in [0.2, 0.25) is 5.91 Å². The second-order valence-electron chi connectivity index (χ2n) is 7.90. The second-order valence-corrected chi connectivity index (χ2v) is 7.90. The lowest BCUT2D eigenvalue weighted by Gasteiger charge is -2.45. The van der Waals surface area contributed by atoms with Gasteiger partial charge in [-0.3, -0.25) is 4.79 Å². The summed E-state index contributed by atoms with van der Waals surface area (Å²) in [6.07, 6.45) is 7.96. The van der Waals surface area contributed by atoms with Crippen LogP contribution in [0.4, 0.5) is 0 Å². The Morgan fingerprint density at radius 1 is 1.24 bits per heavy atom. The van der Waals surface area contributed by atoms with Gasteiger partial charge in [-0.15, -0.1) is 0 Å². The van der Waals surface area contributed by atoms with Gasteiger partial charge >= 0.3 is 0 Å². The number of allylic oxidation sites excluding steroid dienone is 2. The van der Waals surface area contributed by atoms with Gasteiger partial charge in [-0.2, -0.15) is 0 Å². The van der Waals surface area contributed by atoms with E-state index in [4.69, 9.17) is 5.73 Å². The van der Waals surface area contributed by atoms with Crippen LogP contribution in [0.2, 0.25) is 0 Å². The van der Waals surface area contributed by atoms with E-state index >= 15 is 0 Å². The van der Waals surface area contributed by atoms with Crippen molar-refractivity contribution in [2.75, 3.05) is 7.05 Å². The molecule has 1 aromatic rings. The second kappa shape index (κ2) is 6.93. The molecule has 1 fully saturated rings. The number of likely N-dealkylation sites (tertiary alicyclic amines) is 1. The fourth-order valence-corrected chi connectivity index (χ4v) is 4.42. The Labute approximate surface area is 150 Å². The van der Waals surface area contributed by atoms with E-state index in [1.165, 1.54) is 12.0 Å². The van der Waals surface area contributed by atoms with Crippen molar-refractivity contribution in [1.29, 1.82) is 0 Å². The van der Waals surface area contributed by atoms with Gasteiger partial charge in [-0.1, -0.05) is 12.1 Å². The standard InChI is InChI=1S/C21H30N2O2/c1-14-12-21(25,13-15(2)23(14)3)17-9-10-18(20(22)24)19(11-17)16-7-5-4-6-8-16/h7,9-11,14-15,25H,4-6,8,12-13H2,1-3H3,(H2,22,24). The molecule has 136 valence electrons. The third-order valence-corrected chi connectivity index (χ3v) is 6.12. The molecule has 1 aliphatic heterocycles. The van der Waals surface area contributed by atoms with Gasteiger partial charge in [-0.25, -0.2) is 0 Å². The Kier molecular flexibility index (Phi) is 5.03. The smallest absolute Gasteiger partial charge is 0.249 e. The number of primary amides is 1. The van der Waals surface area contributed by atoms with Crippen LogP contribution in [0.25, 0.3) is 5.57 Å². The van der Waals surface area contributed by atoms with Gasteiger partial charge in [-0.05, 0) is 88.3 Å². The summed E-state index contributed by atoms with van der Waals surface area (Å²) in [6.45, 7) is 4.31. The van der Waals surface area contributed by atoms with Crippen LogP contribution < -0.4 is 5.73 Å². The predicted octanol–water partition coefficient (Wildman–Crippen LogP) is 3.43. The van der Waals surface area contributed by atoms with E-state index in [0.717, 1.165) is 30.4 Å². The van der Waals surface area contributed by atoms with E-state index < -0.39 is 11.5 Å². The minimum Gasteiger partial charge on any atom is -0.385 e. The largest absolute Gasteiger partial charge is 0.385 e. The first-order valence-corrected chi connectivity index (χ1v) is 9.40. The fourth-order valence-electron chi connectivity index (χ4n) is 4.42. The summed E-state index contributed by atoms with van der Waals surface area (Å²) < 4.78 is 0. The SMILES string of the molecule is CC1CC(O)(c2ccc(C(N)=O)c(C3=CCCCC3)c2)CC(C)N1C. The van der Waals surface area contributed by atoms with Crippen molar-refractivity contribution < 1.29 is 9.90 Å². The first-order valence-electron chi connectivity index (χ1n) is 9.40. The maximum absolute atomic E-state index is 11.9. The van der Waals surface area contributed by atoms with E-state index in [1.807, 2.05) is 12.1 Å². The highest BCUT2D eigenvalue weighted by Crippen LogP contribution is 2.40. The Morgan fingerprint density at radius 3 is 2.48 bits per heavy atom. The molecule has 3 N–H and O–H groups in total. The van der Waals surface area contributed by atoms with Crippen LogP contribution >= 0.6 is 0 Å². The molecule has 1 amide bonds. The summed E-state index contributed by atoms with van der Waals surface area (Å²) in [5.41, 5.74) is 8.33. The van der Waals surface area contributed by atoms with E-state index in [1.54, 1.807) is 6.07 Å². The molecule has 0 aromatic heterocycles. The summed E-state index contributed by atoms with van der Waals surface area (Å²) >= 11 is 0. The molecule has 4 heteroatoms. The number of nitrogens with zero attached hydrogens (tertiary/aromatic N) is 1. The maximum atomic E-state index is 11.9. The number of hydrogen-bond acceptors (Lipinski definition) is 3. The number of hydrogen-bond donors (Lipinski definition) is 2. The highest BCUT2D eigenvalue weighted by atomic mass is 16.3. The van der Waals surface area contributed by atoms with E-state index in [9.17, 15) is 9.90 Å². The van der Waals surface area contributed by atoms with Crippen LogP contribution in [0.3, 0.4) is 0 Å². The van der Waals surface area contributed by atoms with Gasteiger partial charge in [0.15, 0.2) is 0 Å². The molecule has 1 aromatic carbocycles. The fraction of sp³-hybridized carbons (Fsp3) is 0.571. The van der Waals surface area contributed by atoms with Crippen molar-refractivity contribution in [2.24, 2.45) is 5.73 Å². The summed E-state index contributed by atoms with van der Waals surface area (Å²) in [6, 6.07) is 6.32. The zero-order chi connectivity index (χ0) is 18.2. The molecule has 0 radical (unpaired) electrons.